The third-order valence-electron chi connectivity index (χ3n) is 3.11. The summed E-state index contributed by atoms with van der Waals surface area (Å²) in [6.07, 6.45) is 5.79. The highest BCUT2D eigenvalue weighted by Gasteiger charge is 2.18. The Morgan fingerprint density at radius 1 is 1.38 bits per heavy atom. The van der Waals surface area contributed by atoms with Crippen molar-refractivity contribution < 1.29 is 0 Å². The molecule has 0 radical (unpaired) electrons. The van der Waals surface area contributed by atoms with Gasteiger partial charge in [-0.2, -0.15) is 5.10 Å². The van der Waals surface area contributed by atoms with Gasteiger partial charge in [0.05, 0.1) is 23.8 Å². The van der Waals surface area contributed by atoms with E-state index < -0.39 is 0 Å². The van der Waals surface area contributed by atoms with Gasteiger partial charge in [-0.05, 0) is 25.9 Å². The lowest BCUT2D eigenvalue weighted by molar-refractivity contribution is 0.452. The minimum Gasteiger partial charge on any atom is -0.396 e. The average Bonchev–Trinajstić information content (AvgIpc) is 2.73. The zero-order valence-electron chi connectivity index (χ0n) is 9.06. The number of aromatic nitrogens is 3. The van der Waals surface area contributed by atoms with Crippen LogP contribution in [0.5, 0.6) is 0 Å². The maximum Gasteiger partial charge on any atom is 0.155 e. The molecule has 3 N–H and O–H groups in total. The van der Waals surface area contributed by atoms with Gasteiger partial charge < -0.3 is 11.1 Å². The van der Waals surface area contributed by atoms with E-state index in [0.29, 0.717) is 11.6 Å². The molecule has 0 spiro atoms. The van der Waals surface area contributed by atoms with Crippen LogP contribution in [0.15, 0.2) is 18.5 Å². The van der Waals surface area contributed by atoms with Crippen LogP contribution in [0.25, 0.3) is 5.65 Å². The molecule has 0 saturated carbocycles. The van der Waals surface area contributed by atoms with Crippen molar-refractivity contribution in [1.29, 1.82) is 0 Å². The first kappa shape index (κ1) is 9.59. The summed E-state index contributed by atoms with van der Waals surface area (Å²) in [6.45, 7) is 2.15. The van der Waals surface area contributed by atoms with Gasteiger partial charge in [-0.3, -0.25) is 0 Å². The summed E-state index contributed by atoms with van der Waals surface area (Å²) in [5.74, 6) is 0.559. The third-order valence-corrected chi connectivity index (χ3v) is 3.11. The van der Waals surface area contributed by atoms with Crippen LogP contribution in [0, 0.1) is 0 Å². The molecule has 2 aromatic rings. The van der Waals surface area contributed by atoms with Crippen molar-refractivity contribution in [2.75, 3.05) is 18.8 Å². The van der Waals surface area contributed by atoms with Gasteiger partial charge in [0.25, 0.3) is 0 Å². The number of anilines is 1. The molecule has 84 valence electrons. The fourth-order valence-electron chi connectivity index (χ4n) is 2.23. The predicted octanol–water partition coefficient (Wildman–Crippen LogP) is 0.778. The van der Waals surface area contributed by atoms with Gasteiger partial charge in [0.15, 0.2) is 5.65 Å². The van der Waals surface area contributed by atoms with Crippen LogP contribution in [0.3, 0.4) is 0 Å². The zero-order chi connectivity index (χ0) is 11.0. The minimum atomic E-state index is 0.559. The van der Waals surface area contributed by atoms with E-state index in [1.54, 1.807) is 10.7 Å². The molecule has 1 aliphatic heterocycles. The van der Waals surface area contributed by atoms with Crippen LogP contribution in [0.2, 0.25) is 0 Å². The van der Waals surface area contributed by atoms with E-state index in [9.17, 15) is 0 Å². The number of fused-ring (bicyclic) bond motifs is 1. The summed E-state index contributed by atoms with van der Waals surface area (Å²) < 4.78 is 1.77. The summed E-state index contributed by atoms with van der Waals surface area (Å²) in [6, 6.07) is 2.06. The van der Waals surface area contributed by atoms with Gasteiger partial charge in [-0.15, -0.1) is 0 Å². The van der Waals surface area contributed by atoms with Gasteiger partial charge in [0, 0.05) is 12.0 Å². The van der Waals surface area contributed by atoms with Crippen LogP contribution in [-0.2, 0) is 0 Å². The first-order chi connectivity index (χ1) is 7.83. The molecule has 0 bridgehead atoms. The molecule has 5 nitrogen and oxygen atoms in total. The minimum absolute atomic E-state index is 0.559. The Morgan fingerprint density at radius 3 is 3.00 bits per heavy atom. The molecule has 3 heterocycles. The topological polar surface area (TPSA) is 68.2 Å². The Hall–Kier alpha value is -1.62. The molecular weight excluding hydrogens is 202 g/mol. The molecule has 0 atom stereocenters. The number of nitrogens with zero attached hydrogens (tertiary/aromatic N) is 3. The first-order valence-electron chi connectivity index (χ1n) is 5.64. The third kappa shape index (κ3) is 1.63. The lowest BCUT2D eigenvalue weighted by Gasteiger charge is -2.20. The molecule has 1 aliphatic rings. The smallest absolute Gasteiger partial charge is 0.155 e. The SMILES string of the molecule is Nc1cnc2cc(C3CCNCC3)nn2c1. The largest absolute Gasteiger partial charge is 0.396 e. The molecule has 5 heteroatoms. The second-order valence-corrected chi connectivity index (χ2v) is 4.28. The Labute approximate surface area is 93.7 Å². The second kappa shape index (κ2) is 3.75. The van der Waals surface area contributed by atoms with E-state index in [1.165, 1.54) is 0 Å². The van der Waals surface area contributed by atoms with Crippen molar-refractivity contribution in [3.63, 3.8) is 0 Å². The normalized spacial score (nSPS) is 18.0. The predicted molar refractivity (Wildman–Crippen MR) is 62.2 cm³/mol. The van der Waals surface area contributed by atoms with E-state index in [2.05, 4.69) is 21.5 Å². The van der Waals surface area contributed by atoms with E-state index in [-0.39, 0.29) is 0 Å². The van der Waals surface area contributed by atoms with Crippen molar-refractivity contribution in [2.24, 2.45) is 0 Å². The fourth-order valence-corrected chi connectivity index (χ4v) is 2.23. The first-order valence-corrected chi connectivity index (χ1v) is 5.64. The molecule has 0 aliphatic carbocycles. The average molecular weight is 217 g/mol. The Bertz CT molecular complexity index is 498. The summed E-state index contributed by atoms with van der Waals surface area (Å²) in [5, 5.41) is 7.90. The Morgan fingerprint density at radius 2 is 2.19 bits per heavy atom. The van der Waals surface area contributed by atoms with Crippen molar-refractivity contribution >= 4 is 11.3 Å². The number of rotatable bonds is 1. The number of piperidine rings is 1. The summed E-state index contributed by atoms with van der Waals surface area (Å²) in [7, 11) is 0. The maximum absolute atomic E-state index is 5.68. The highest BCUT2D eigenvalue weighted by Crippen LogP contribution is 2.24. The number of nitrogen functional groups attached to an aromatic ring is 1. The van der Waals surface area contributed by atoms with Gasteiger partial charge in [0.2, 0.25) is 0 Å². The monoisotopic (exact) mass is 217 g/mol. The molecule has 1 saturated heterocycles. The van der Waals surface area contributed by atoms with Crippen LogP contribution in [0.1, 0.15) is 24.5 Å². The Balaban J connectivity index is 1.97. The highest BCUT2D eigenvalue weighted by atomic mass is 15.3. The maximum atomic E-state index is 5.68. The summed E-state index contributed by atoms with van der Waals surface area (Å²) in [5.41, 5.74) is 8.34. The fraction of sp³-hybridized carbons (Fsp3) is 0.455. The van der Waals surface area contributed by atoms with E-state index >= 15 is 0 Å². The van der Waals surface area contributed by atoms with Gasteiger partial charge >= 0.3 is 0 Å². The molecule has 3 rings (SSSR count). The molecule has 0 amide bonds. The van der Waals surface area contributed by atoms with Gasteiger partial charge in [-0.1, -0.05) is 0 Å². The van der Waals surface area contributed by atoms with Crippen molar-refractivity contribution in [2.45, 2.75) is 18.8 Å². The number of hydrogen-bond acceptors (Lipinski definition) is 4. The van der Waals surface area contributed by atoms with Crippen LogP contribution in [0.4, 0.5) is 5.69 Å². The molecule has 0 unspecified atom stereocenters. The quantitative estimate of drug-likeness (QED) is 0.740. The molecule has 0 aromatic carbocycles. The van der Waals surface area contributed by atoms with Crippen molar-refractivity contribution in [3.8, 4) is 0 Å². The van der Waals surface area contributed by atoms with Gasteiger partial charge in [0.1, 0.15) is 0 Å². The molecular formula is C11H15N5. The summed E-state index contributed by atoms with van der Waals surface area (Å²) in [4.78, 5) is 4.26. The molecule has 1 fully saturated rings. The van der Waals surface area contributed by atoms with Gasteiger partial charge in [-0.25, -0.2) is 9.50 Å². The number of nitrogens with one attached hydrogen (secondary N) is 1. The van der Waals surface area contributed by atoms with Crippen LogP contribution >= 0.6 is 0 Å². The lowest BCUT2D eigenvalue weighted by atomic mass is 9.95. The highest BCUT2D eigenvalue weighted by molar-refractivity contribution is 5.45. The van der Waals surface area contributed by atoms with Crippen LogP contribution in [-0.4, -0.2) is 27.7 Å². The molecule has 2 aromatic heterocycles. The van der Waals surface area contributed by atoms with Crippen molar-refractivity contribution in [1.82, 2.24) is 19.9 Å². The van der Waals surface area contributed by atoms with E-state index in [4.69, 9.17) is 5.73 Å². The second-order valence-electron chi connectivity index (χ2n) is 4.28. The van der Waals surface area contributed by atoms with Crippen molar-refractivity contribution in [3.05, 3.63) is 24.2 Å². The van der Waals surface area contributed by atoms with Crippen LogP contribution < -0.4 is 11.1 Å². The Kier molecular flexibility index (Phi) is 2.25. The number of nitrogens with two attached hydrogens (primary N) is 1. The van der Waals surface area contributed by atoms with E-state index in [0.717, 1.165) is 37.3 Å². The summed E-state index contributed by atoms with van der Waals surface area (Å²) >= 11 is 0. The lowest BCUT2D eigenvalue weighted by Crippen LogP contribution is -2.26. The standard InChI is InChI=1S/C11H15N5/c12-9-6-14-11-5-10(15-16(11)7-9)8-1-3-13-4-2-8/h5-8,13H,1-4,12H2. The van der Waals surface area contributed by atoms with E-state index in [1.807, 2.05) is 6.20 Å². The zero-order valence-corrected chi connectivity index (χ0v) is 9.06. The number of hydrogen-bond donors (Lipinski definition) is 2. The molecule has 16 heavy (non-hydrogen) atoms.